The van der Waals surface area contributed by atoms with Gasteiger partial charge in [-0.2, -0.15) is 0 Å². The summed E-state index contributed by atoms with van der Waals surface area (Å²) in [6.45, 7) is 6.96. The van der Waals surface area contributed by atoms with E-state index in [1.165, 1.54) is 4.88 Å². The minimum atomic E-state index is 0.106. The van der Waals surface area contributed by atoms with Gasteiger partial charge in [0.1, 0.15) is 0 Å². The zero-order chi connectivity index (χ0) is 9.90. The first-order valence-electron chi connectivity index (χ1n) is 4.33. The minimum Gasteiger partial charge on any atom is -0.388 e. The van der Waals surface area contributed by atoms with E-state index >= 15 is 0 Å². The average molecular weight is 196 g/mol. The Bertz CT molecular complexity index is 282. The van der Waals surface area contributed by atoms with E-state index in [4.69, 9.17) is 5.73 Å². The maximum Gasteiger partial charge on any atom is 0.0905 e. The Morgan fingerprint density at radius 2 is 2.31 bits per heavy atom. The number of nitrogens with two attached hydrogens (primary N) is 1. The van der Waals surface area contributed by atoms with Crippen molar-refractivity contribution in [3.05, 3.63) is 22.4 Å². The molecule has 0 amide bonds. The summed E-state index contributed by atoms with van der Waals surface area (Å²) < 4.78 is 0. The number of rotatable bonds is 3. The van der Waals surface area contributed by atoms with E-state index in [1.54, 1.807) is 11.3 Å². The molecule has 3 heteroatoms. The predicted octanol–water partition coefficient (Wildman–Crippen LogP) is 2.40. The van der Waals surface area contributed by atoms with E-state index in [2.05, 4.69) is 36.4 Å². The third kappa shape index (κ3) is 2.84. The molecule has 0 aliphatic heterocycles. The van der Waals surface area contributed by atoms with Gasteiger partial charge in [-0.05, 0) is 18.4 Å². The Morgan fingerprint density at radius 3 is 2.77 bits per heavy atom. The summed E-state index contributed by atoms with van der Waals surface area (Å²) in [4.78, 5) is 5.61. The zero-order valence-electron chi connectivity index (χ0n) is 8.37. The van der Waals surface area contributed by atoms with Gasteiger partial charge in [-0.3, -0.25) is 4.99 Å². The number of aliphatic imine (C=N–C) groups is 1. The summed E-state index contributed by atoms with van der Waals surface area (Å²) in [7, 11) is 0. The molecule has 72 valence electrons. The van der Waals surface area contributed by atoms with Crippen LogP contribution in [0.25, 0.3) is 0 Å². The predicted molar refractivity (Wildman–Crippen MR) is 59.5 cm³/mol. The molecule has 0 bridgehead atoms. The lowest BCUT2D eigenvalue weighted by molar-refractivity contribution is 0.551. The largest absolute Gasteiger partial charge is 0.388 e. The van der Waals surface area contributed by atoms with E-state index in [-0.39, 0.29) is 5.41 Å². The second-order valence-electron chi connectivity index (χ2n) is 3.82. The highest BCUT2D eigenvalue weighted by Crippen LogP contribution is 2.27. The quantitative estimate of drug-likeness (QED) is 0.585. The van der Waals surface area contributed by atoms with Crippen molar-refractivity contribution < 1.29 is 0 Å². The Hall–Kier alpha value is -0.830. The van der Waals surface area contributed by atoms with Crippen LogP contribution in [0.4, 0.5) is 0 Å². The van der Waals surface area contributed by atoms with Gasteiger partial charge in [-0.25, -0.2) is 0 Å². The van der Waals surface area contributed by atoms with Gasteiger partial charge < -0.3 is 5.73 Å². The van der Waals surface area contributed by atoms with Gasteiger partial charge >= 0.3 is 0 Å². The number of hydrogen-bond donors (Lipinski definition) is 1. The molecule has 1 aromatic rings. The molecule has 0 saturated carbocycles. The van der Waals surface area contributed by atoms with Crippen LogP contribution in [0.5, 0.6) is 0 Å². The zero-order valence-corrected chi connectivity index (χ0v) is 9.19. The molecule has 0 fully saturated rings. The van der Waals surface area contributed by atoms with Crippen molar-refractivity contribution in [2.24, 2.45) is 10.7 Å². The van der Waals surface area contributed by atoms with Crippen LogP contribution in [0.3, 0.4) is 0 Å². The fourth-order valence-electron chi connectivity index (χ4n) is 1.06. The van der Waals surface area contributed by atoms with Crippen LogP contribution in [-0.4, -0.2) is 12.4 Å². The number of nitrogens with zero attached hydrogens (tertiary/aromatic N) is 1. The molecule has 1 aromatic heterocycles. The molecular weight excluding hydrogens is 180 g/mol. The van der Waals surface area contributed by atoms with Gasteiger partial charge in [-0.15, -0.1) is 11.3 Å². The molecule has 2 N–H and O–H groups in total. The first-order chi connectivity index (χ1) is 6.02. The Morgan fingerprint density at radius 1 is 1.62 bits per heavy atom. The second-order valence-corrected chi connectivity index (χ2v) is 4.77. The van der Waals surface area contributed by atoms with Gasteiger partial charge in [0.25, 0.3) is 0 Å². The molecule has 0 aliphatic rings. The SMILES string of the molecule is CC(N)=NCC(C)(C)c1cccs1. The van der Waals surface area contributed by atoms with E-state index in [1.807, 2.05) is 6.92 Å². The first kappa shape index (κ1) is 10.3. The van der Waals surface area contributed by atoms with E-state index in [0.717, 1.165) is 6.54 Å². The molecule has 0 spiro atoms. The van der Waals surface area contributed by atoms with Crippen molar-refractivity contribution in [1.82, 2.24) is 0 Å². The summed E-state index contributed by atoms with van der Waals surface area (Å²) >= 11 is 1.77. The van der Waals surface area contributed by atoms with E-state index in [0.29, 0.717) is 5.84 Å². The minimum absolute atomic E-state index is 0.106. The van der Waals surface area contributed by atoms with Crippen molar-refractivity contribution >= 4 is 17.2 Å². The second kappa shape index (κ2) is 3.92. The van der Waals surface area contributed by atoms with Gasteiger partial charge in [0.05, 0.1) is 12.4 Å². The lowest BCUT2D eigenvalue weighted by atomic mass is 9.92. The molecular formula is C10H16N2S. The van der Waals surface area contributed by atoms with Crippen LogP contribution in [0.2, 0.25) is 0 Å². The molecule has 0 atom stereocenters. The Kier molecular flexibility index (Phi) is 3.09. The molecule has 0 saturated heterocycles. The highest BCUT2D eigenvalue weighted by molar-refractivity contribution is 7.10. The summed E-state index contributed by atoms with van der Waals surface area (Å²) in [5.41, 5.74) is 5.61. The lowest BCUT2D eigenvalue weighted by Crippen LogP contribution is -2.21. The van der Waals surface area contributed by atoms with Crippen molar-refractivity contribution in [2.75, 3.05) is 6.54 Å². The standard InChI is InChI=1S/C10H16N2S/c1-8(11)12-7-10(2,3)9-5-4-6-13-9/h4-6H,7H2,1-3H3,(H2,11,12). The third-order valence-electron chi connectivity index (χ3n) is 1.91. The molecule has 0 aliphatic carbocycles. The summed E-state index contributed by atoms with van der Waals surface area (Å²) in [5.74, 6) is 0.657. The van der Waals surface area contributed by atoms with Crippen LogP contribution in [0.1, 0.15) is 25.6 Å². The smallest absolute Gasteiger partial charge is 0.0905 e. The molecule has 0 aromatic carbocycles. The Labute approximate surface area is 83.5 Å². The van der Waals surface area contributed by atoms with E-state index < -0.39 is 0 Å². The summed E-state index contributed by atoms with van der Waals surface area (Å²) in [6, 6.07) is 4.22. The maximum atomic E-state index is 5.51. The molecule has 1 rings (SSSR count). The third-order valence-corrected chi connectivity index (χ3v) is 3.15. The maximum absolute atomic E-state index is 5.51. The van der Waals surface area contributed by atoms with Gasteiger partial charge in [0, 0.05) is 10.3 Å². The molecule has 0 radical (unpaired) electrons. The van der Waals surface area contributed by atoms with Gasteiger partial charge in [0.2, 0.25) is 0 Å². The average Bonchev–Trinajstić information content (AvgIpc) is 2.53. The molecule has 2 nitrogen and oxygen atoms in total. The fourth-order valence-corrected chi connectivity index (χ4v) is 1.91. The Balaban J connectivity index is 2.72. The highest BCUT2D eigenvalue weighted by atomic mass is 32.1. The van der Waals surface area contributed by atoms with Crippen molar-refractivity contribution in [1.29, 1.82) is 0 Å². The first-order valence-corrected chi connectivity index (χ1v) is 5.21. The van der Waals surface area contributed by atoms with Crippen molar-refractivity contribution in [2.45, 2.75) is 26.2 Å². The fraction of sp³-hybridized carbons (Fsp3) is 0.500. The van der Waals surface area contributed by atoms with Gasteiger partial charge in [0.15, 0.2) is 0 Å². The normalized spacial score (nSPS) is 13.3. The van der Waals surface area contributed by atoms with Gasteiger partial charge in [-0.1, -0.05) is 19.9 Å². The van der Waals surface area contributed by atoms with Crippen molar-refractivity contribution in [3.63, 3.8) is 0 Å². The van der Waals surface area contributed by atoms with Crippen LogP contribution in [-0.2, 0) is 5.41 Å². The molecule has 1 heterocycles. The van der Waals surface area contributed by atoms with Crippen LogP contribution in [0, 0.1) is 0 Å². The van der Waals surface area contributed by atoms with Crippen LogP contribution in [0.15, 0.2) is 22.5 Å². The lowest BCUT2D eigenvalue weighted by Gasteiger charge is -2.20. The van der Waals surface area contributed by atoms with Crippen LogP contribution < -0.4 is 5.73 Å². The van der Waals surface area contributed by atoms with E-state index in [9.17, 15) is 0 Å². The highest BCUT2D eigenvalue weighted by Gasteiger charge is 2.20. The number of thiophene rings is 1. The number of amidine groups is 1. The summed E-state index contributed by atoms with van der Waals surface area (Å²) in [5, 5.41) is 2.09. The summed E-state index contributed by atoms with van der Waals surface area (Å²) in [6.07, 6.45) is 0. The topological polar surface area (TPSA) is 38.4 Å². The number of hydrogen-bond acceptors (Lipinski definition) is 2. The van der Waals surface area contributed by atoms with Crippen molar-refractivity contribution in [3.8, 4) is 0 Å². The monoisotopic (exact) mass is 196 g/mol. The molecule has 13 heavy (non-hydrogen) atoms. The van der Waals surface area contributed by atoms with Crippen LogP contribution >= 0.6 is 11.3 Å². The molecule has 0 unspecified atom stereocenters.